The predicted octanol–water partition coefficient (Wildman–Crippen LogP) is 2.30. The van der Waals surface area contributed by atoms with E-state index in [1.54, 1.807) is 6.92 Å². The number of benzene rings is 1. The Morgan fingerprint density at radius 1 is 1.48 bits per heavy atom. The maximum Gasteiger partial charge on any atom is 0.216 e. The molecule has 21 heavy (non-hydrogen) atoms. The molecule has 1 aromatic carbocycles. The van der Waals surface area contributed by atoms with Gasteiger partial charge in [-0.1, -0.05) is 28.1 Å². The first-order valence-corrected chi connectivity index (χ1v) is 8.33. The molecule has 2 rings (SSSR count). The Morgan fingerprint density at radius 3 is 2.76 bits per heavy atom. The number of hydrogen-bond donors (Lipinski definition) is 2. The molecule has 1 unspecified atom stereocenters. The van der Waals surface area contributed by atoms with Crippen molar-refractivity contribution in [3.05, 3.63) is 34.3 Å². The Balaban J connectivity index is 1.92. The highest BCUT2D eigenvalue weighted by molar-refractivity contribution is 9.10. The van der Waals surface area contributed by atoms with Crippen LogP contribution in [0, 0.1) is 5.92 Å². The third-order valence-electron chi connectivity index (χ3n) is 4.19. The number of piperidine rings is 1. The Kier molecular flexibility index (Phi) is 6.21. The number of nitrogens with zero attached hydrogens (tertiary/aromatic N) is 1. The molecule has 1 amide bonds. The van der Waals surface area contributed by atoms with Gasteiger partial charge in [0.25, 0.3) is 0 Å². The lowest BCUT2D eigenvalue weighted by Gasteiger charge is -2.37. The molecule has 0 radical (unpaired) electrons. The number of hydrogen-bond acceptors (Lipinski definition) is 3. The van der Waals surface area contributed by atoms with Crippen molar-refractivity contribution in [2.75, 3.05) is 26.2 Å². The number of likely N-dealkylation sites (tertiary alicyclic amines) is 1. The van der Waals surface area contributed by atoms with E-state index in [9.17, 15) is 4.79 Å². The maximum atomic E-state index is 11.0. The second-order valence-electron chi connectivity index (χ2n) is 5.72. The topological polar surface area (TPSA) is 58.4 Å². The standard InChI is InChI=1S/C16H24BrN3O/c1-12(21)19-11-13-5-7-20(8-6-13)16(10-18)14-3-2-4-15(17)9-14/h2-4,9,13,16H,5-8,10-11,18H2,1H3,(H,19,21). The molecule has 116 valence electrons. The Morgan fingerprint density at radius 2 is 2.19 bits per heavy atom. The van der Waals surface area contributed by atoms with E-state index in [0.29, 0.717) is 12.5 Å². The van der Waals surface area contributed by atoms with Gasteiger partial charge in [-0.05, 0) is 49.5 Å². The van der Waals surface area contributed by atoms with Crippen molar-refractivity contribution >= 4 is 21.8 Å². The predicted molar refractivity (Wildman–Crippen MR) is 88.9 cm³/mol. The average molecular weight is 354 g/mol. The third kappa shape index (κ3) is 4.80. The van der Waals surface area contributed by atoms with E-state index in [-0.39, 0.29) is 11.9 Å². The quantitative estimate of drug-likeness (QED) is 0.853. The van der Waals surface area contributed by atoms with Gasteiger partial charge in [-0.25, -0.2) is 0 Å². The SMILES string of the molecule is CC(=O)NCC1CCN(C(CN)c2cccc(Br)c2)CC1. The van der Waals surface area contributed by atoms with Gasteiger partial charge in [0.1, 0.15) is 0 Å². The zero-order valence-electron chi connectivity index (χ0n) is 12.5. The first-order valence-electron chi connectivity index (χ1n) is 7.54. The number of carbonyl (C=O) groups excluding carboxylic acids is 1. The van der Waals surface area contributed by atoms with Crippen molar-refractivity contribution in [3.63, 3.8) is 0 Å². The van der Waals surface area contributed by atoms with Gasteiger partial charge in [0, 0.05) is 30.5 Å². The summed E-state index contributed by atoms with van der Waals surface area (Å²) in [6.07, 6.45) is 2.23. The molecular formula is C16H24BrN3O. The second kappa shape index (κ2) is 7.92. The van der Waals surface area contributed by atoms with Crippen LogP contribution in [0.5, 0.6) is 0 Å². The number of amides is 1. The summed E-state index contributed by atoms with van der Waals surface area (Å²) in [6.45, 7) is 5.09. The molecule has 1 heterocycles. The van der Waals surface area contributed by atoms with Gasteiger partial charge >= 0.3 is 0 Å². The lowest BCUT2D eigenvalue weighted by Crippen LogP contribution is -2.42. The number of carbonyl (C=O) groups is 1. The summed E-state index contributed by atoms with van der Waals surface area (Å²) in [5.41, 5.74) is 7.28. The fraction of sp³-hybridized carbons (Fsp3) is 0.562. The lowest BCUT2D eigenvalue weighted by atomic mass is 9.94. The minimum Gasteiger partial charge on any atom is -0.356 e. The highest BCUT2D eigenvalue weighted by atomic mass is 79.9. The summed E-state index contributed by atoms with van der Waals surface area (Å²) in [5, 5.41) is 2.92. The van der Waals surface area contributed by atoms with Gasteiger partial charge in [0.15, 0.2) is 0 Å². The van der Waals surface area contributed by atoms with Crippen molar-refractivity contribution in [2.24, 2.45) is 11.7 Å². The fourth-order valence-corrected chi connectivity index (χ4v) is 3.38. The lowest BCUT2D eigenvalue weighted by molar-refractivity contribution is -0.119. The first-order chi connectivity index (χ1) is 10.1. The van der Waals surface area contributed by atoms with Crippen LogP contribution >= 0.6 is 15.9 Å². The van der Waals surface area contributed by atoms with E-state index in [0.717, 1.165) is 36.9 Å². The minimum atomic E-state index is 0.0615. The summed E-state index contributed by atoms with van der Waals surface area (Å²) >= 11 is 3.53. The molecule has 0 aliphatic carbocycles. The van der Waals surface area contributed by atoms with E-state index in [2.05, 4.69) is 44.3 Å². The molecule has 1 fully saturated rings. The van der Waals surface area contributed by atoms with Gasteiger partial charge in [-0.15, -0.1) is 0 Å². The summed E-state index contributed by atoms with van der Waals surface area (Å²) < 4.78 is 1.10. The zero-order valence-corrected chi connectivity index (χ0v) is 14.1. The molecule has 0 saturated carbocycles. The largest absolute Gasteiger partial charge is 0.356 e. The number of rotatable bonds is 5. The molecule has 1 atom stereocenters. The van der Waals surface area contributed by atoms with Crippen LogP contribution in [0.4, 0.5) is 0 Å². The molecule has 5 heteroatoms. The van der Waals surface area contributed by atoms with Crippen molar-refractivity contribution in [2.45, 2.75) is 25.8 Å². The average Bonchev–Trinajstić information content (AvgIpc) is 2.47. The number of halogens is 1. The van der Waals surface area contributed by atoms with Crippen LogP contribution in [0.3, 0.4) is 0 Å². The molecule has 1 saturated heterocycles. The Labute approximate surface area is 135 Å². The molecule has 1 aromatic rings. The monoisotopic (exact) mass is 353 g/mol. The van der Waals surface area contributed by atoms with Crippen LogP contribution in [0.25, 0.3) is 0 Å². The zero-order chi connectivity index (χ0) is 15.2. The van der Waals surface area contributed by atoms with E-state index in [1.807, 2.05) is 6.07 Å². The van der Waals surface area contributed by atoms with Crippen molar-refractivity contribution in [3.8, 4) is 0 Å². The summed E-state index contributed by atoms with van der Waals surface area (Å²) in [5.74, 6) is 0.650. The molecule has 4 nitrogen and oxygen atoms in total. The van der Waals surface area contributed by atoms with Crippen molar-refractivity contribution < 1.29 is 4.79 Å². The highest BCUT2D eigenvalue weighted by Gasteiger charge is 2.25. The normalized spacial score (nSPS) is 18.4. The van der Waals surface area contributed by atoms with E-state index in [1.165, 1.54) is 5.56 Å². The minimum absolute atomic E-state index is 0.0615. The second-order valence-corrected chi connectivity index (χ2v) is 6.64. The van der Waals surface area contributed by atoms with Crippen LogP contribution in [0.2, 0.25) is 0 Å². The van der Waals surface area contributed by atoms with Crippen LogP contribution in [0.1, 0.15) is 31.4 Å². The molecule has 0 bridgehead atoms. The molecule has 0 spiro atoms. The molecule has 1 aliphatic rings. The van der Waals surface area contributed by atoms with Gasteiger partial charge in [0.2, 0.25) is 5.91 Å². The number of nitrogens with two attached hydrogens (primary N) is 1. The molecule has 1 aliphatic heterocycles. The van der Waals surface area contributed by atoms with E-state index < -0.39 is 0 Å². The highest BCUT2D eigenvalue weighted by Crippen LogP contribution is 2.27. The first kappa shape index (κ1) is 16.5. The van der Waals surface area contributed by atoms with Crippen molar-refractivity contribution in [1.82, 2.24) is 10.2 Å². The van der Waals surface area contributed by atoms with Crippen LogP contribution < -0.4 is 11.1 Å². The summed E-state index contributed by atoms with van der Waals surface area (Å²) in [4.78, 5) is 13.4. The van der Waals surface area contributed by atoms with Gasteiger partial charge in [-0.2, -0.15) is 0 Å². The smallest absolute Gasteiger partial charge is 0.216 e. The number of nitrogens with one attached hydrogen (secondary N) is 1. The van der Waals surface area contributed by atoms with Gasteiger partial charge < -0.3 is 11.1 Å². The summed E-state index contributed by atoms with van der Waals surface area (Å²) in [7, 11) is 0. The third-order valence-corrected chi connectivity index (χ3v) is 4.68. The van der Waals surface area contributed by atoms with Gasteiger partial charge in [0.05, 0.1) is 0 Å². The van der Waals surface area contributed by atoms with E-state index >= 15 is 0 Å². The van der Waals surface area contributed by atoms with Crippen LogP contribution in [-0.4, -0.2) is 37.0 Å². The van der Waals surface area contributed by atoms with Crippen molar-refractivity contribution in [1.29, 1.82) is 0 Å². The Bertz CT molecular complexity index is 472. The van der Waals surface area contributed by atoms with E-state index in [4.69, 9.17) is 5.73 Å². The molecule has 0 aromatic heterocycles. The van der Waals surface area contributed by atoms with Crippen LogP contribution in [0.15, 0.2) is 28.7 Å². The van der Waals surface area contributed by atoms with Gasteiger partial charge in [-0.3, -0.25) is 9.69 Å². The summed E-state index contributed by atoms with van der Waals surface area (Å²) in [6, 6.07) is 8.68. The Hall–Kier alpha value is -0.910. The fourth-order valence-electron chi connectivity index (χ4n) is 2.97. The maximum absolute atomic E-state index is 11.0. The van der Waals surface area contributed by atoms with Crippen LogP contribution in [-0.2, 0) is 4.79 Å². The molecular weight excluding hydrogens is 330 g/mol. The molecule has 3 N–H and O–H groups in total.